The Hall–Kier alpha value is -3.12. The maximum atomic E-state index is 5.51. The molecule has 0 radical (unpaired) electrons. The molecule has 1 saturated heterocycles. The highest BCUT2D eigenvalue weighted by atomic mass is 16.5. The van der Waals surface area contributed by atoms with Gasteiger partial charge in [0.25, 0.3) is 0 Å². The van der Waals surface area contributed by atoms with E-state index in [1.807, 2.05) is 47.1 Å². The van der Waals surface area contributed by atoms with Crippen LogP contribution in [-0.2, 0) is 6.54 Å². The molecule has 1 atom stereocenters. The van der Waals surface area contributed by atoms with Crippen molar-refractivity contribution in [3.8, 4) is 16.9 Å². The van der Waals surface area contributed by atoms with Crippen molar-refractivity contribution in [2.75, 3.05) is 20.2 Å². The van der Waals surface area contributed by atoms with E-state index in [1.165, 1.54) is 0 Å². The second-order valence-electron chi connectivity index (χ2n) is 7.58. The molecule has 29 heavy (non-hydrogen) atoms. The minimum Gasteiger partial charge on any atom is -0.497 e. The number of methoxy groups -OCH3 is 1. The van der Waals surface area contributed by atoms with Gasteiger partial charge in [0.2, 0.25) is 0 Å². The summed E-state index contributed by atoms with van der Waals surface area (Å²) in [7, 11) is 1.69. The lowest BCUT2D eigenvalue weighted by Gasteiger charge is -2.30. The molecule has 0 aliphatic carbocycles. The van der Waals surface area contributed by atoms with Crippen molar-refractivity contribution in [1.29, 1.82) is 0 Å². The number of benzene rings is 1. The summed E-state index contributed by atoms with van der Waals surface area (Å²) in [6.07, 6.45) is 6.05. The molecule has 1 fully saturated rings. The number of nitrogens with zero attached hydrogens (tertiary/aromatic N) is 4. The molecule has 148 valence electrons. The number of likely N-dealkylation sites (tertiary alicyclic amines) is 1. The van der Waals surface area contributed by atoms with Crippen LogP contribution in [0.5, 0.6) is 5.75 Å². The minimum atomic E-state index is 0.346. The number of ether oxygens (including phenoxy) is 1. The first kappa shape index (κ1) is 17.9. The van der Waals surface area contributed by atoms with E-state index in [4.69, 9.17) is 19.2 Å². The fraction of sp³-hybridized carbons (Fsp3) is 0.304. The molecule has 3 aromatic heterocycles. The summed E-state index contributed by atoms with van der Waals surface area (Å²) in [5, 5.41) is 4.82. The number of furan rings is 1. The first-order valence-electron chi connectivity index (χ1n) is 10.0. The Morgan fingerprint density at radius 3 is 2.97 bits per heavy atom. The summed E-state index contributed by atoms with van der Waals surface area (Å²) in [5.41, 5.74) is 3.08. The van der Waals surface area contributed by atoms with Gasteiger partial charge >= 0.3 is 0 Å². The Morgan fingerprint density at radius 2 is 2.10 bits per heavy atom. The molecule has 1 aromatic carbocycles. The Bertz CT molecular complexity index is 1100. The molecule has 0 bridgehead atoms. The third-order valence-electron chi connectivity index (χ3n) is 5.58. The Kier molecular flexibility index (Phi) is 4.77. The molecule has 4 aromatic rings. The molecular weight excluding hydrogens is 364 g/mol. The van der Waals surface area contributed by atoms with E-state index in [-0.39, 0.29) is 0 Å². The van der Waals surface area contributed by atoms with Gasteiger partial charge < -0.3 is 9.15 Å². The van der Waals surface area contributed by atoms with Crippen LogP contribution in [0.3, 0.4) is 0 Å². The molecule has 1 aliphatic rings. The van der Waals surface area contributed by atoms with Crippen molar-refractivity contribution in [3.05, 3.63) is 72.6 Å². The minimum absolute atomic E-state index is 0.346. The second kappa shape index (κ2) is 7.72. The standard InChI is InChI=1S/C23H24N4O2/c1-28-20-7-2-5-17(13-20)18-9-10-22-24-23(25-27(22)15-18)19-6-3-11-26(14-19)16-21-8-4-12-29-21/h2,4-5,7-10,12-13,15,19H,3,6,11,14,16H2,1H3/t19-/m0/s1. The van der Waals surface area contributed by atoms with Gasteiger partial charge in [0.05, 0.1) is 19.9 Å². The summed E-state index contributed by atoms with van der Waals surface area (Å²) in [4.78, 5) is 7.24. The largest absolute Gasteiger partial charge is 0.497 e. The predicted octanol–water partition coefficient (Wildman–Crippen LogP) is 4.38. The number of hydrogen-bond acceptors (Lipinski definition) is 5. The summed E-state index contributed by atoms with van der Waals surface area (Å²) in [5.74, 6) is 3.13. The van der Waals surface area contributed by atoms with Crippen molar-refractivity contribution in [1.82, 2.24) is 19.5 Å². The van der Waals surface area contributed by atoms with E-state index in [9.17, 15) is 0 Å². The van der Waals surface area contributed by atoms with Gasteiger partial charge in [-0.15, -0.1) is 0 Å². The SMILES string of the molecule is COc1cccc(-c2ccc3nc([C@H]4CCCN(Cc5ccco5)C4)nn3c2)c1. The number of hydrogen-bond donors (Lipinski definition) is 0. The number of piperidine rings is 1. The Balaban J connectivity index is 1.38. The summed E-state index contributed by atoms with van der Waals surface area (Å²) >= 11 is 0. The van der Waals surface area contributed by atoms with Crippen LogP contribution in [0.15, 0.2) is 65.4 Å². The van der Waals surface area contributed by atoms with Crippen molar-refractivity contribution >= 4 is 5.65 Å². The lowest BCUT2D eigenvalue weighted by atomic mass is 9.97. The normalized spacial score (nSPS) is 17.6. The Morgan fingerprint density at radius 1 is 1.14 bits per heavy atom. The van der Waals surface area contributed by atoms with Crippen molar-refractivity contribution in [2.24, 2.45) is 0 Å². The van der Waals surface area contributed by atoms with Gasteiger partial charge in [-0.2, -0.15) is 5.10 Å². The first-order chi connectivity index (χ1) is 14.3. The van der Waals surface area contributed by atoms with Crippen molar-refractivity contribution in [2.45, 2.75) is 25.3 Å². The van der Waals surface area contributed by atoms with Crippen LogP contribution in [0.2, 0.25) is 0 Å². The van der Waals surface area contributed by atoms with Gasteiger partial charge in [-0.1, -0.05) is 12.1 Å². The third kappa shape index (κ3) is 3.76. The first-order valence-corrected chi connectivity index (χ1v) is 10.0. The molecule has 0 N–H and O–H groups in total. The smallest absolute Gasteiger partial charge is 0.156 e. The predicted molar refractivity (Wildman–Crippen MR) is 111 cm³/mol. The van der Waals surface area contributed by atoms with Crippen LogP contribution in [0.4, 0.5) is 0 Å². The van der Waals surface area contributed by atoms with Gasteiger partial charge in [-0.05, 0) is 61.3 Å². The molecule has 4 heterocycles. The molecule has 0 amide bonds. The zero-order valence-electron chi connectivity index (χ0n) is 16.5. The fourth-order valence-corrected chi connectivity index (χ4v) is 4.08. The lowest BCUT2D eigenvalue weighted by Crippen LogP contribution is -2.34. The van der Waals surface area contributed by atoms with Crippen LogP contribution in [0.25, 0.3) is 16.8 Å². The number of aromatic nitrogens is 3. The Labute approximate surface area is 169 Å². The maximum absolute atomic E-state index is 5.51. The van der Waals surface area contributed by atoms with E-state index < -0.39 is 0 Å². The zero-order chi connectivity index (χ0) is 19.6. The molecule has 0 unspecified atom stereocenters. The summed E-state index contributed by atoms with van der Waals surface area (Å²) in [6, 6.07) is 16.2. The monoisotopic (exact) mass is 388 g/mol. The van der Waals surface area contributed by atoms with E-state index in [0.29, 0.717) is 5.92 Å². The topological polar surface area (TPSA) is 55.8 Å². The highest BCUT2D eigenvalue weighted by molar-refractivity contribution is 5.65. The zero-order valence-corrected chi connectivity index (χ0v) is 16.5. The van der Waals surface area contributed by atoms with Crippen LogP contribution < -0.4 is 4.74 Å². The average Bonchev–Trinajstić information content (AvgIpc) is 3.43. The highest BCUT2D eigenvalue weighted by Crippen LogP contribution is 2.28. The van der Waals surface area contributed by atoms with Crippen molar-refractivity contribution in [3.63, 3.8) is 0 Å². The third-order valence-corrected chi connectivity index (χ3v) is 5.58. The highest BCUT2D eigenvalue weighted by Gasteiger charge is 2.25. The quantitative estimate of drug-likeness (QED) is 0.508. The molecule has 1 aliphatic heterocycles. The molecule has 5 rings (SSSR count). The van der Waals surface area contributed by atoms with E-state index in [0.717, 1.165) is 66.6 Å². The second-order valence-corrected chi connectivity index (χ2v) is 7.58. The van der Waals surface area contributed by atoms with Crippen molar-refractivity contribution < 1.29 is 9.15 Å². The van der Waals surface area contributed by atoms with Gasteiger partial charge in [-0.3, -0.25) is 4.90 Å². The van der Waals surface area contributed by atoms with E-state index in [2.05, 4.69) is 17.0 Å². The summed E-state index contributed by atoms with van der Waals surface area (Å²) < 4.78 is 12.8. The van der Waals surface area contributed by atoms with Crippen LogP contribution in [0, 0.1) is 0 Å². The molecular formula is C23H24N4O2. The number of fused-ring (bicyclic) bond motifs is 1. The molecule has 0 saturated carbocycles. The van der Waals surface area contributed by atoms with Gasteiger partial charge in [0, 0.05) is 24.2 Å². The van der Waals surface area contributed by atoms with Gasteiger partial charge in [-0.25, -0.2) is 9.50 Å². The molecule has 6 heteroatoms. The van der Waals surface area contributed by atoms with Gasteiger partial charge in [0.15, 0.2) is 11.5 Å². The lowest BCUT2D eigenvalue weighted by molar-refractivity contribution is 0.183. The number of rotatable bonds is 5. The van der Waals surface area contributed by atoms with Crippen LogP contribution >= 0.6 is 0 Å². The van der Waals surface area contributed by atoms with Crippen LogP contribution in [-0.4, -0.2) is 39.7 Å². The van der Waals surface area contributed by atoms with E-state index >= 15 is 0 Å². The van der Waals surface area contributed by atoms with Crippen LogP contribution in [0.1, 0.15) is 30.3 Å². The fourth-order valence-electron chi connectivity index (χ4n) is 4.08. The summed E-state index contributed by atoms with van der Waals surface area (Å²) in [6.45, 7) is 2.89. The number of pyridine rings is 1. The molecule has 0 spiro atoms. The van der Waals surface area contributed by atoms with Gasteiger partial charge in [0.1, 0.15) is 11.5 Å². The maximum Gasteiger partial charge on any atom is 0.156 e. The van der Waals surface area contributed by atoms with E-state index in [1.54, 1.807) is 13.4 Å². The molecule has 6 nitrogen and oxygen atoms in total. The average molecular weight is 388 g/mol.